The van der Waals surface area contributed by atoms with Gasteiger partial charge in [-0.3, -0.25) is 14.4 Å². The molecule has 8 nitrogen and oxygen atoms in total. The van der Waals surface area contributed by atoms with Crippen LogP contribution in [-0.2, 0) is 14.4 Å². The van der Waals surface area contributed by atoms with E-state index in [4.69, 9.17) is 14.3 Å². The highest BCUT2D eigenvalue weighted by molar-refractivity contribution is 9.10. The van der Waals surface area contributed by atoms with E-state index in [1.807, 2.05) is 37.3 Å². The van der Waals surface area contributed by atoms with Gasteiger partial charge in [0.15, 0.2) is 17.6 Å². The Labute approximate surface area is 217 Å². The number of fused-ring (bicyclic) bond motifs is 1. The SMILES string of the molecule is CCCOc1ccc(N2C(=O)[C@@H]3[C@@H](c4cc(Br)c(O)c(OC)c4)N(c4ccccc4)O[C@H]3C2=O)cc1. The Bertz CT molecular complexity index is 1280. The van der Waals surface area contributed by atoms with E-state index in [0.717, 1.165) is 6.42 Å². The van der Waals surface area contributed by atoms with Crippen LogP contribution < -0.4 is 19.4 Å². The molecule has 0 radical (unpaired) electrons. The zero-order chi connectivity index (χ0) is 25.4. The molecule has 2 aliphatic heterocycles. The third-order valence-electron chi connectivity index (χ3n) is 6.31. The van der Waals surface area contributed by atoms with Crippen molar-refractivity contribution in [3.05, 3.63) is 76.8 Å². The van der Waals surface area contributed by atoms with E-state index in [1.54, 1.807) is 41.5 Å². The largest absolute Gasteiger partial charge is 0.503 e. The van der Waals surface area contributed by atoms with Gasteiger partial charge < -0.3 is 14.6 Å². The molecule has 2 fully saturated rings. The van der Waals surface area contributed by atoms with E-state index in [0.29, 0.717) is 33.8 Å². The van der Waals surface area contributed by atoms with Gasteiger partial charge >= 0.3 is 0 Å². The highest BCUT2D eigenvalue weighted by Gasteiger charge is 2.60. The highest BCUT2D eigenvalue weighted by Crippen LogP contribution is 2.49. The molecule has 3 aromatic carbocycles. The van der Waals surface area contributed by atoms with Crippen molar-refractivity contribution < 1.29 is 29.0 Å². The highest BCUT2D eigenvalue weighted by atomic mass is 79.9. The minimum absolute atomic E-state index is 0.0520. The molecular formula is C27H25BrN2O6. The zero-order valence-corrected chi connectivity index (χ0v) is 21.3. The van der Waals surface area contributed by atoms with Crippen LogP contribution in [0.4, 0.5) is 11.4 Å². The lowest BCUT2D eigenvalue weighted by atomic mass is 9.90. The average Bonchev–Trinajstić information content (AvgIpc) is 3.41. The minimum atomic E-state index is -1.00. The lowest BCUT2D eigenvalue weighted by molar-refractivity contribution is -0.126. The van der Waals surface area contributed by atoms with Gasteiger partial charge in [0, 0.05) is 0 Å². The number of hydroxylamine groups is 1. The Balaban J connectivity index is 1.54. The van der Waals surface area contributed by atoms with Crippen LogP contribution >= 0.6 is 15.9 Å². The quantitative estimate of drug-likeness (QED) is 0.412. The molecule has 0 saturated carbocycles. The number of methoxy groups -OCH3 is 1. The summed E-state index contributed by atoms with van der Waals surface area (Å²) in [5.41, 5.74) is 1.81. The topological polar surface area (TPSA) is 88.5 Å². The maximum atomic E-state index is 13.8. The van der Waals surface area contributed by atoms with Crippen molar-refractivity contribution in [3.8, 4) is 17.2 Å². The second-order valence-electron chi connectivity index (χ2n) is 8.57. The molecule has 2 heterocycles. The summed E-state index contributed by atoms with van der Waals surface area (Å²) < 4.78 is 11.4. The number of phenolic OH excluding ortho intramolecular Hbond substituents is 1. The maximum absolute atomic E-state index is 13.8. The predicted octanol–water partition coefficient (Wildman–Crippen LogP) is 5.00. The van der Waals surface area contributed by atoms with E-state index in [1.165, 1.54) is 12.0 Å². The van der Waals surface area contributed by atoms with E-state index >= 15 is 0 Å². The van der Waals surface area contributed by atoms with Crippen LogP contribution in [0.5, 0.6) is 17.2 Å². The first-order valence-corrected chi connectivity index (χ1v) is 12.4. The zero-order valence-electron chi connectivity index (χ0n) is 19.8. The molecule has 2 aliphatic rings. The number of aromatic hydroxyl groups is 1. The van der Waals surface area contributed by atoms with Crippen molar-refractivity contribution in [3.63, 3.8) is 0 Å². The Morgan fingerprint density at radius 3 is 2.39 bits per heavy atom. The molecule has 0 unspecified atom stereocenters. The van der Waals surface area contributed by atoms with Gasteiger partial charge in [-0.2, -0.15) is 0 Å². The first-order chi connectivity index (χ1) is 17.4. The number of para-hydroxylation sites is 1. The molecule has 3 atom stereocenters. The lowest BCUT2D eigenvalue weighted by Gasteiger charge is -2.29. The summed E-state index contributed by atoms with van der Waals surface area (Å²) >= 11 is 3.37. The molecule has 3 aromatic rings. The average molecular weight is 553 g/mol. The van der Waals surface area contributed by atoms with Crippen molar-refractivity contribution in [2.45, 2.75) is 25.5 Å². The Morgan fingerprint density at radius 2 is 1.72 bits per heavy atom. The number of carbonyl (C=O) groups is 2. The number of halogens is 1. The maximum Gasteiger partial charge on any atom is 0.266 e. The monoisotopic (exact) mass is 552 g/mol. The fourth-order valence-corrected chi connectivity index (χ4v) is 5.10. The molecule has 9 heteroatoms. The number of nitrogens with zero attached hydrogens (tertiary/aromatic N) is 2. The fourth-order valence-electron chi connectivity index (χ4n) is 4.64. The minimum Gasteiger partial charge on any atom is -0.503 e. The van der Waals surface area contributed by atoms with E-state index in [2.05, 4.69) is 15.9 Å². The van der Waals surface area contributed by atoms with Gasteiger partial charge in [0.2, 0.25) is 5.91 Å². The number of anilines is 2. The van der Waals surface area contributed by atoms with Gasteiger partial charge in [-0.25, -0.2) is 9.96 Å². The second-order valence-corrected chi connectivity index (χ2v) is 9.42. The predicted molar refractivity (Wildman–Crippen MR) is 137 cm³/mol. The Kier molecular flexibility index (Phi) is 6.59. The first kappa shape index (κ1) is 24.1. The van der Waals surface area contributed by atoms with Crippen LogP contribution in [0.25, 0.3) is 0 Å². The summed E-state index contributed by atoms with van der Waals surface area (Å²) in [6.45, 7) is 2.60. The van der Waals surface area contributed by atoms with Crippen LogP contribution in [0.15, 0.2) is 71.2 Å². The summed E-state index contributed by atoms with van der Waals surface area (Å²) in [5.74, 6) is -0.740. The molecule has 0 aromatic heterocycles. The van der Waals surface area contributed by atoms with E-state index in [-0.39, 0.29) is 17.4 Å². The van der Waals surface area contributed by atoms with Gasteiger partial charge in [-0.05, 0) is 76.4 Å². The first-order valence-electron chi connectivity index (χ1n) is 11.6. The number of amides is 2. The number of carbonyl (C=O) groups excluding carboxylic acids is 2. The van der Waals surface area contributed by atoms with Gasteiger partial charge in [-0.15, -0.1) is 0 Å². The van der Waals surface area contributed by atoms with Crippen molar-refractivity contribution in [2.24, 2.45) is 5.92 Å². The molecule has 0 bridgehead atoms. The number of benzene rings is 3. The lowest BCUT2D eigenvalue weighted by Crippen LogP contribution is -2.37. The third-order valence-corrected chi connectivity index (χ3v) is 6.91. The summed E-state index contributed by atoms with van der Waals surface area (Å²) in [6.07, 6.45) is -0.125. The number of hydrogen-bond acceptors (Lipinski definition) is 7. The number of phenols is 1. The second kappa shape index (κ2) is 9.83. The number of hydrogen-bond donors (Lipinski definition) is 1. The summed E-state index contributed by atoms with van der Waals surface area (Å²) in [7, 11) is 1.45. The van der Waals surface area contributed by atoms with E-state index < -0.39 is 24.0 Å². The van der Waals surface area contributed by atoms with Crippen LogP contribution in [-0.4, -0.2) is 36.7 Å². The normalized spacial score (nSPS) is 21.1. The summed E-state index contributed by atoms with van der Waals surface area (Å²) in [5, 5.41) is 11.9. The van der Waals surface area contributed by atoms with Crippen LogP contribution in [0.1, 0.15) is 24.9 Å². The fraction of sp³-hybridized carbons (Fsp3) is 0.259. The molecular weight excluding hydrogens is 528 g/mol. The Hall–Kier alpha value is -3.56. The van der Waals surface area contributed by atoms with Crippen molar-refractivity contribution >= 4 is 39.1 Å². The number of rotatable bonds is 7. The molecule has 36 heavy (non-hydrogen) atoms. The van der Waals surface area contributed by atoms with Gasteiger partial charge in [0.05, 0.1) is 35.6 Å². The number of ether oxygens (including phenoxy) is 2. The van der Waals surface area contributed by atoms with Crippen molar-refractivity contribution in [2.75, 3.05) is 23.7 Å². The third kappa shape index (κ3) is 4.08. The Morgan fingerprint density at radius 1 is 1.00 bits per heavy atom. The van der Waals surface area contributed by atoms with Gasteiger partial charge in [0.25, 0.3) is 5.91 Å². The van der Waals surface area contributed by atoms with Crippen molar-refractivity contribution in [1.82, 2.24) is 0 Å². The van der Waals surface area contributed by atoms with Gasteiger partial charge in [-0.1, -0.05) is 25.1 Å². The number of imide groups is 1. The molecule has 1 N–H and O–H groups in total. The molecule has 0 aliphatic carbocycles. The van der Waals surface area contributed by atoms with Gasteiger partial charge in [0.1, 0.15) is 11.7 Å². The summed E-state index contributed by atoms with van der Waals surface area (Å²) in [6, 6.07) is 18.9. The molecule has 2 amide bonds. The molecule has 2 saturated heterocycles. The van der Waals surface area contributed by atoms with E-state index in [9.17, 15) is 14.7 Å². The smallest absolute Gasteiger partial charge is 0.266 e. The molecule has 5 rings (SSSR count). The molecule has 0 spiro atoms. The van der Waals surface area contributed by atoms with Crippen molar-refractivity contribution in [1.29, 1.82) is 0 Å². The summed E-state index contributed by atoms with van der Waals surface area (Å²) in [4.78, 5) is 34.7. The molecule has 186 valence electrons. The van der Waals surface area contributed by atoms with Crippen LogP contribution in [0.3, 0.4) is 0 Å². The van der Waals surface area contributed by atoms with Crippen LogP contribution in [0, 0.1) is 5.92 Å². The standard InChI is InChI=1S/C27H25BrN2O6/c1-3-13-35-19-11-9-17(10-12-19)29-26(32)22-23(16-14-20(28)24(31)21(15-16)34-2)30(36-25(22)27(29)33)18-7-5-4-6-8-18/h4-12,14-15,22-23,25,31H,3,13H2,1-2H3/t22-,23-,25-/m1/s1. The van der Waals surface area contributed by atoms with Crippen LogP contribution in [0.2, 0.25) is 0 Å².